The zero-order valence-corrected chi connectivity index (χ0v) is 16.2. The standard InChI is InChI=1S/C19H18F3N3O5/c1-18(2,3)30-17(27)24-15-10-12(19(20,21)22)6-9-14(15)23-16(26)11-4-7-13(8-5-11)25(28)29/h4-10H,1-3H3,(H,23,26)(H,24,27). The number of benzene rings is 2. The lowest BCUT2D eigenvalue weighted by atomic mass is 10.1. The molecular formula is C19H18F3N3O5. The van der Waals surface area contributed by atoms with Crippen LogP contribution in [-0.4, -0.2) is 22.5 Å². The van der Waals surface area contributed by atoms with Crippen LogP contribution in [0.1, 0.15) is 36.7 Å². The van der Waals surface area contributed by atoms with Crippen molar-refractivity contribution in [2.24, 2.45) is 0 Å². The van der Waals surface area contributed by atoms with Gasteiger partial charge in [-0.25, -0.2) is 4.79 Å². The highest BCUT2D eigenvalue weighted by Gasteiger charge is 2.31. The van der Waals surface area contributed by atoms with E-state index in [0.717, 1.165) is 24.3 Å². The number of hydrogen-bond acceptors (Lipinski definition) is 5. The molecule has 2 aromatic carbocycles. The first kappa shape index (κ1) is 22.7. The van der Waals surface area contributed by atoms with Gasteiger partial charge < -0.3 is 10.1 Å². The Hall–Kier alpha value is -3.63. The van der Waals surface area contributed by atoms with Crippen LogP contribution in [0.2, 0.25) is 0 Å². The number of non-ortho nitro benzene ring substituents is 1. The first-order valence-corrected chi connectivity index (χ1v) is 8.53. The number of nitrogens with zero attached hydrogens (tertiary/aromatic N) is 1. The number of carbonyl (C=O) groups excluding carboxylic acids is 2. The van der Waals surface area contributed by atoms with Gasteiger partial charge in [0.15, 0.2) is 0 Å². The van der Waals surface area contributed by atoms with Crippen molar-refractivity contribution >= 4 is 29.1 Å². The minimum Gasteiger partial charge on any atom is -0.444 e. The summed E-state index contributed by atoms with van der Waals surface area (Å²) in [4.78, 5) is 34.5. The monoisotopic (exact) mass is 425 g/mol. The average molecular weight is 425 g/mol. The fourth-order valence-electron chi connectivity index (χ4n) is 2.28. The maximum Gasteiger partial charge on any atom is 0.416 e. The van der Waals surface area contributed by atoms with E-state index in [1.54, 1.807) is 20.8 Å². The topological polar surface area (TPSA) is 111 Å². The Labute approximate surface area is 169 Å². The van der Waals surface area contributed by atoms with E-state index < -0.39 is 34.3 Å². The predicted molar refractivity (Wildman–Crippen MR) is 102 cm³/mol. The lowest BCUT2D eigenvalue weighted by Crippen LogP contribution is -2.27. The third kappa shape index (κ3) is 6.19. The van der Waals surface area contributed by atoms with E-state index in [2.05, 4.69) is 10.6 Å². The molecule has 30 heavy (non-hydrogen) atoms. The summed E-state index contributed by atoms with van der Waals surface area (Å²) in [6, 6.07) is 7.00. The van der Waals surface area contributed by atoms with Crippen LogP contribution in [0.15, 0.2) is 42.5 Å². The van der Waals surface area contributed by atoms with Crippen molar-refractivity contribution in [2.45, 2.75) is 32.5 Å². The molecular weight excluding hydrogens is 407 g/mol. The molecule has 2 N–H and O–H groups in total. The van der Waals surface area contributed by atoms with Crippen LogP contribution in [0, 0.1) is 10.1 Å². The van der Waals surface area contributed by atoms with Crippen LogP contribution in [0.25, 0.3) is 0 Å². The summed E-state index contributed by atoms with van der Waals surface area (Å²) in [7, 11) is 0. The number of ether oxygens (including phenoxy) is 1. The molecule has 0 heterocycles. The van der Waals surface area contributed by atoms with Crippen LogP contribution >= 0.6 is 0 Å². The summed E-state index contributed by atoms with van der Waals surface area (Å²) in [6.45, 7) is 4.74. The van der Waals surface area contributed by atoms with E-state index in [4.69, 9.17) is 4.74 Å². The van der Waals surface area contributed by atoms with Gasteiger partial charge in [-0.1, -0.05) is 0 Å². The maximum absolute atomic E-state index is 13.1. The minimum atomic E-state index is -4.68. The van der Waals surface area contributed by atoms with Gasteiger partial charge in [-0.15, -0.1) is 0 Å². The van der Waals surface area contributed by atoms with Crippen LogP contribution in [0.4, 0.5) is 35.0 Å². The van der Waals surface area contributed by atoms with Gasteiger partial charge in [-0.3, -0.25) is 20.2 Å². The minimum absolute atomic E-state index is 0.0312. The highest BCUT2D eigenvalue weighted by Crippen LogP contribution is 2.34. The van der Waals surface area contributed by atoms with Gasteiger partial charge in [-0.05, 0) is 51.1 Å². The maximum atomic E-state index is 13.1. The summed E-state index contributed by atoms with van der Waals surface area (Å²) < 4.78 is 44.2. The van der Waals surface area contributed by atoms with Crippen molar-refractivity contribution in [1.29, 1.82) is 0 Å². The van der Waals surface area contributed by atoms with Crippen LogP contribution in [0.5, 0.6) is 0 Å². The second-order valence-corrected chi connectivity index (χ2v) is 7.14. The molecule has 160 valence electrons. The number of anilines is 2. The van der Waals surface area contributed by atoms with Crippen LogP contribution < -0.4 is 10.6 Å². The van der Waals surface area contributed by atoms with Crippen molar-refractivity contribution in [3.63, 3.8) is 0 Å². The summed E-state index contributed by atoms with van der Waals surface area (Å²) >= 11 is 0. The molecule has 2 rings (SSSR count). The van der Waals surface area contributed by atoms with Gasteiger partial charge in [0.05, 0.1) is 21.9 Å². The van der Waals surface area contributed by atoms with Gasteiger partial charge >= 0.3 is 12.3 Å². The molecule has 2 aromatic rings. The number of halogens is 3. The fraction of sp³-hybridized carbons (Fsp3) is 0.263. The number of rotatable bonds is 4. The van der Waals surface area contributed by atoms with Crippen molar-refractivity contribution in [3.8, 4) is 0 Å². The molecule has 0 aromatic heterocycles. The highest BCUT2D eigenvalue weighted by atomic mass is 19.4. The molecule has 0 atom stereocenters. The number of nitro benzene ring substituents is 1. The van der Waals surface area contributed by atoms with Gasteiger partial charge in [0, 0.05) is 17.7 Å². The SMILES string of the molecule is CC(C)(C)OC(=O)Nc1cc(C(F)(F)F)ccc1NC(=O)c1ccc([N+](=O)[O-])cc1. The second-order valence-electron chi connectivity index (χ2n) is 7.14. The summed E-state index contributed by atoms with van der Waals surface area (Å²) in [5.74, 6) is -0.739. The van der Waals surface area contributed by atoms with Crippen LogP contribution in [-0.2, 0) is 10.9 Å². The van der Waals surface area contributed by atoms with Crippen molar-refractivity contribution in [1.82, 2.24) is 0 Å². The van der Waals surface area contributed by atoms with E-state index in [9.17, 15) is 32.9 Å². The Morgan fingerprint density at radius 1 is 0.967 bits per heavy atom. The average Bonchev–Trinajstić information content (AvgIpc) is 2.60. The Kier molecular flexibility index (Phi) is 6.34. The number of nitrogens with one attached hydrogen (secondary N) is 2. The molecule has 0 fully saturated rings. The molecule has 0 saturated heterocycles. The van der Waals surface area contributed by atoms with Crippen LogP contribution in [0.3, 0.4) is 0 Å². The number of alkyl halides is 3. The summed E-state index contributed by atoms with van der Waals surface area (Å²) in [6.07, 6.45) is -5.68. The molecule has 2 amide bonds. The lowest BCUT2D eigenvalue weighted by molar-refractivity contribution is -0.384. The van der Waals surface area contributed by atoms with Crippen molar-refractivity contribution in [3.05, 3.63) is 63.7 Å². The van der Waals surface area contributed by atoms with E-state index in [1.165, 1.54) is 12.1 Å². The Morgan fingerprint density at radius 3 is 2.07 bits per heavy atom. The quantitative estimate of drug-likeness (QED) is 0.516. The van der Waals surface area contributed by atoms with Gasteiger partial charge in [0.25, 0.3) is 11.6 Å². The largest absolute Gasteiger partial charge is 0.444 e. The van der Waals surface area contributed by atoms with Crippen molar-refractivity contribution < 1.29 is 32.4 Å². The zero-order chi connectivity index (χ0) is 22.7. The number of carbonyl (C=O) groups is 2. The first-order valence-electron chi connectivity index (χ1n) is 8.53. The Balaban J connectivity index is 2.32. The molecule has 0 unspecified atom stereocenters. The molecule has 0 aliphatic heterocycles. The van der Waals surface area contributed by atoms with Gasteiger partial charge in [0.1, 0.15) is 5.60 Å². The summed E-state index contributed by atoms with van der Waals surface area (Å²) in [5, 5.41) is 15.3. The van der Waals surface area contributed by atoms with Gasteiger partial charge in [-0.2, -0.15) is 13.2 Å². The van der Waals surface area contributed by atoms with E-state index in [0.29, 0.717) is 6.07 Å². The number of hydrogen-bond donors (Lipinski definition) is 2. The van der Waals surface area contributed by atoms with E-state index in [1.807, 2.05) is 0 Å². The Morgan fingerprint density at radius 2 is 1.57 bits per heavy atom. The molecule has 0 saturated carbocycles. The normalized spacial score (nSPS) is 11.5. The van der Waals surface area contributed by atoms with Crippen molar-refractivity contribution in [2.75, 3.05) is 10.6 Å². The molecule has 0 aliphatic carbocycles. The Bertz CT molecular complexity index is 967. The highest BCUT2D eigenvalue weighted by molar-refractivity contribution is 6.07. The summed E-state index contributed by atoms with van der Waals surface area (Å²) in [5.41, 5.74) is -2.57. The number of amides is 2. The smallest absolute Gasteiger partial charge is 0.416 e. The third-order valence-corrected chi connectivity index (χ3v) is 3.57. The third-order valence-electron chi connectivity index (χ3n) is 3.57. The zero-order valence-electron chi connectivity index (χ0n) is 16.2. The van der Waals surface area contributed by atoms with E-state index in [-0.39, 0.29) is 22.6 Å². The molecule has 0 aliphatic rings. The fourth-order valence-corrected chi connectivity index (χ4v) is 2.28. The predicted octanol–water partition coefficient (Wildman–Crippen LogP) is 5.21. The second kappa shape index (κ2) is 8.39. The molecule has 0 radical (unpaired) electrons. The molecule has 11 heteroatoms. The molecule has 0 spiro atoms. The molecule has 8 nitrogen and oxygen atoms in total. The molecule has 0 bridgehead atoms. The lowest BCUT2D eigenvalue weighted by Gasteiger charge is -2.21. The first-order chi connectivity index (χ1) is 13.8. The van der Waals surface area contributed by atoms with E-state index >= 15 is 0 Å². The van der Waals surface area contributed by atoms with Gasteiger partial charge in [0.2, 0.25) is 0 Å². The number of nitro groups is 1.